The van der Waals surface area contributed by atoms with Crippen LogP contribution in [0.1, 0.15) is 32.6 Å². The molecular weight excluding hydrogens is 401 g/mol. The van der Waals surface area contributed by atoms with Gasteiger partial charge >= 0.3 is 7.48 Å². The zero-order valence-corrected chi connectivity index (χ0v) is 16.6. The number of rotatable bonds is 6. The molecule has 4 rings (SSSR count). The first-order valence-electron chi connectivity index (χ1n) is 9.39. The first kappa shape index (κ1) is 20.0. The highest BCUT2D eigenvalue weighted by Crippen LogP contribution is 2.46. The number of fused-ring (bicyclic) bond motifs is 1. The third-order valence-corrected chi connectivity index (χ3v) is 8.69. The summed E-state index contributed by atoms with van der Waals surface area (Å²) in [5.74, 6) is -1.35. The van der Waals surface area contributed by atoms with Crippen LogP contribution in [0.4, 0.5) is 0 Å². The number of nitrogens with one attached hydrogen (secondary N) is 1. The highest BCUT2D eigenvalue weighted by atomic mass is 32.2. The summed E-state index contributed by atoms with van der Waals surface area (Å²) in [7, 11) is -2.35. The standard InChI is InChI=1S/C16H21BN5O6S/c1-16(9-21-6-5-18-20-21)14(22-12(24)8-13(22)29(16,26)27)15(25)19-11-3-2-10(4-7-23)28-17-11/h5-7,10-11,13-14H,2-4,8-9H2,1H3,(H,19,25)/t10-,11-,13?,14-,16-/m0/s1. The molecule has 1 aromatic rings. The molecule has 5 atom stereocenters. The first-order valence-corrected chi connectivity index (χ1v) is 10.9. The number of carbonyl (C=O) groups is 3. The van der Waals surface area contributed by atoms with Crippen molar-refractivity contribution in [3.63, 3.8) is 0 Å². The van der Waals surface area contributed by atoms with E-state index in [-0.39, 0.29) is 31.4 Å². The number of aldehydes is 1. The van der Waals surface area contributed by atoms with Gasteiger partial charge in [0.05, 0.1) is 19.2 Å². The molecule has 4 heterocycles. The maximum absolute atomic E-state index is 13.2. The third-order valence-electron chi connectivity index (χ3n) is 5.93. The van der Waals surface area contributed by atoms with Crippen LogP contribution in [-0.4, -0.2) is 82.1 Å². The van der Waals surface area contributed by atoms with Gasteiger partial charge in [0, 0.05) is 24.7 Å². The molecule has 3 aliphatic rings. The average molecular weight is 422 g/mol. The molecule has 1 aromatic heterocycles. The van der Waals surface area contributed by atoms with E-state index in [1.54, 1.807) is 0 Å². The summed E-state index contributed by atoms with van der Waals surface area (Å²) in [5, 5.41) is 9.31. The van der Waals surface area contributed by atoms with Crippen LogP contribution in [-0.2, 0) is 35.4 Å². The van der Waals surface area contributed by atoms with Gasteiger partial charge < -0.3 is 19.7 Å². The van der Waals surface area contributed by atoms with Crippen molar-refractivity contribution in [2.24, 2.45) is 0 Å². The largest absolute Gasteiger partial charge is 0.435 e. The van der Waals surface area contributed by atoms with E-state index in [1.807, 2.05) is 0 Å². The van der Waals surface area contributed by atoms with Gasteiger partial charge in [-0.25, -0.2) is 8.42 Å². The number of amides is 2. The van der Waals surface area contributed by atoms with E-state index in [1.165, 1.54) is 36.4 Å². The van der Waals surface area contributed by atoms with E-state index >= 15 is 0 Å². The molecule has 3 aliphatic heterocycles. The lowest BCUT2D eigenvalue weighted by Crippen LogP contribution is -2.62. The molecule has 2 amide bonds. The Morgan fingerprint density at radius 3 is 2.86 bits per heavy atom. The summed E-state index contributed by atoms with van der Waals surface area (Å²) >= 11 is 0. The minimum Gasteiger partial charge on any atom is -0.435 e. The minimum atomic E-state index is -3.81. The second-order valence-electron chi connectivity index (χ2n) is 7.81. The van der Waals surface area contributed by atoms with Gasteiger partial charge in [-0.15, -0.1) is 5.10 Å². The lowest BCUT2D eigenvalue weighted by Gasteiger charge is -2.38. The Kier molecular flexibility index (Phi) is 4.97. The summed E-state index contributed by atoms with van der Waals surface area (Å²) < 4.78 is 31.6. The van der Waals surface area contributed by atoms with E-state index in [9.17, 15) is 22.8 Å². The van der Waals surface area contributed by atoms with Gasteiger partial charge in [-0.3, -0.25) is 14.3 Å². The molecule has 1 radical (unpaired) electrons. The molecule has 0 saturated carbocycles. The molecule has 3 saturated heterocycles. The lowest BCUT2D eigenvalue weighted by molar-refractivity contribution is -0.150. The van der Waals surface area contributed by atoms with Crippen molar-refractivity contribution in [2.75, 3.05) is 0 Å². The second-order valence-corrected chi connectivity index (χ2v) is 10.4. The topological polar surface area (TPSA) is 141 Å². The molecule has 29 heavy (non-hydrogen) atoms. The van der Waals surface area contributed by atoms with Gasteiger partial charge in [0.15, 0.2) is 9.84 Å². The third kappa shape index (κ3) is 3.16. The highest BCUT2D eigenvalue weighted by Gasteiger charge is 2.69. The molecule has 0 aliphatic carbocycles. The Morgan fingerprint density at radius 1 is 1.48 bits per heavy atom. The fraction of sp³-hybridized carbons (Fsp3) is 0.688. The second kappa shape index (κ2) is 7.20. The quantitative estimate of drug-likeness (QED) is 0.322. The van der Waals surface area contributed by atoms with Crippen molar-refractivity contribution < 1.29 is 27.5 Å². The molecular formula is C16H21BN5O6S. The van der Waals surface area contributed by atoms with Crippen molar-refractivity contribution in [2.45, 2.75) is 67.4 Å². The fourth-order valence-corrected chi connectivity index (χ4v) is 6.67. The fourth-order valence-electron chi connectivity index (χ4n) is 4.31. The summed E-state index contributed by atoms with van der Waals surface area (Å²) in [6, 6.07) is -1.18. The lowest BCUT2D eigenvalue weighted by atomic mass is 9.79. The number of hydrogen-bond acceptors (Lipinski definition) is 8. The average Bonchev–Trinajstić information content (AvgIpc) is 3.21. The van der Waals surface area contributed by atoms with E-state index < -0.39 is 37.8 Å². The SMILES string of the molecule is C[C@]1(Cn2ccnn2)[C@H](C(=O)N[C@@H]2[B]O[C@H](CC=O)CC2)N2C(=O)CC2S1(=O)=O. The zero-order valence-electron chi connectivity index (χ0n) is 15.8. The molecule has 1 N–H and O–H groups in total. The van der Waals surface area contributed by atoms with Gasteiger partial charge in [0.2, 0.25) is 11.8 Å². The van der Waals surface area contributed by atoms with Gasteiger partial charge in [-0.2, -0.15) is 0 Å². The Bertz CT molecular complexity index is 916. The van der Waals surface area contributed by atoms with Gasteiger partial charge in [0.25, 0.3) is 0 Å². The molecule has 0 bridgehead atoms. The van der Waals surface area contributed by atoms with E-state index in [0.29, 0.717) is 12.8 Å². The van der Waals surface area contributed by atoms with Crippen molar-refractivity contribution in [3.8, 4) is 0 Å². The van der Waals surface area contributed by atoms with E-state index in [4.69, 9.17) is 4.65 Å². The molecule has 13 heteroatoms. The number of β-lactam (4-membered cyclic amide) rings is 1. The number of carbonyl (C=O) groups excluding carboxylic acids is 3. The Labute approximate surface area is 168 Å². The molecule has 0 aromatic carbocycles. The number of hydrogen-bond donors (Lipinski definition) is 1. The van der Waals surface area contributed by atoms with Crippen molar-refractivity contribution in [1.29, 1.82) is 0 Å². The minimum absolute atomic E-state index is 0.0972. The summed E-state index contributed by atoms with van der Waals surface area (Å²) in [5.41, 5.74) is 0. The molecule has 1 unspecified atom stereocenters. The van der Waals surface area contributed by atoms with Gasteiger partial charge in [0.1, 0.15) is 22.4 Å². The molecule has 11 nitrogen and oxygen atoms in total. The molecule has 0 spiro atoms. The Balaban J connectivity index is 1.55. The highest BCUT2D eigenvalue weighted by molar-refractivity contribution is 7.93. The van der Waals surface area contributed by atoms with Crippen LogP contribution in [0.5, 0.6) is 0 Å². The smallest absolute Gasteiger partial charge is 0.317 e. The number of nitrogens with zero attached hydrogens (tertiary/aromatic N) is 4. The van der Waals surface area contributed by atoms with Crippen LogP contribution < -0.4 is 5.32 Å². The predicted molar refractivity (Wildman–Crippen MR) is 98.9 cm³/mol. The Hall–Kier alpha value is -2.28. The van der Waals surface area contributed by atoms with Crippen LogP contribution in [0.3, 0.4) is 0 Å². The summed E-state index contributed by atoms with van der Waals surface area (Å²) in [4.78, 5) is 37.1. The van der Waals surface area contributed by atoms with Crippen molar-refractivity contribution in [3.05, 3.63) is 12.4 Å². The van der Waals surface area contributed by atoms with Crippen LogP contribution in [0.15, 0.2) is 12.4 Å². The summed E-state index contributed by atoms with van der Waals surface area (Å²) in [6.45, 7) is 1.38. The molecule has 155 valence electrons. The van der Waals surface area contributed by atoms with E-state index in [2.05, 4.69) is 15.6 Å². The van der Waals surface area contributed by atoms with Gasteiger partial charge in [-0.1, -0.05) is 5.21 Å². The van der Waals surface area contributed by atoms with Crippen LogP contribution in [0.25, 0.3) is 0 Å². The monoisotopic (exact) mass is 422 g/mol. The summed E-state index contributed by atoms with van der Waals surface area (Å²) in [6.07, 6.45) is 4.81. The maximum atomic E-state index is 13.2. The van der Waals surface area contributed by atoms with Gasteiger partial charge in [-0.05, 0) is 19.8 Å². The Morgan fingerprint density at radius 2 is 2.28 bits per heavy atom. The van der Waals surface area contributed by atoms with Crippen molar-refractivity contribution in [1.82, 2.24) is 25.2 Å². The van der Waals surface area contributed by atoms with E-state index in [0.717, 1.165) is 6.29 Å². The first-order chi connectivity index (χ1) is 13.8. The van der Waals surface area contributed by atoms with Crippen LogP contribution in [0, 0.1) is 0 Å². The predicted octanol–water partition coefficient (Wildman–Crippen LogP) is -1.78. The number of aromatic nitrogens is 3. The zero-order chi connectivity index (χ0) is 20.8. The number of sulfone groups is 1. The van der Waals surface area contributed by atoms with Crippen LogP contribution >= 0.6 is 0 Å². The normalized spacial score (nSPS) is 35.3. The van der Waals surface area contributed by atoms with Crippen LogP contribution in [0.2, 0.25) is 0 Å². The van der Waals surface area contributed by atoms with Crippen molar-refractivity contribution >= 4 is 35.4 Å². The maximum Gasteiger partial charge on any atom is 0.317 e. The molecule has 3 fully saturated rings.